The van der Waals surface area contributed by atoms with Crippen molar-refractivity contribution < 1.29 is 9.59 Å². The molecule has 0 bridgehead atoms. The molecule has 0 aliphatic heterocycles. The van der Waals surface area contributed by atoms with Gasteiger partial charge < -0.3 is 9.80 Å². The molecule has 0 N–H and O–H groups in total. The van der Waals surface area contributed by atoms with E-state index < -0.39 is 0 Å². The van der Waals surface area contributed by atoms with Crippen LogP contribution in [0, 0.1) is 5.92 Å². The van der Waals surface area contributed by atoms with E-state index in [4.69, 9.17) is 0 Å². The molecular formula is C15H19BrN2O2. The van der Waals surface area contributed by atoms with Crippen LogP contribution in [-0.4, -0.2) is 49.3 Å². The Labute approximate surface area is 127 Å². The minimum absolute atomic E-state index is 0.0242. The lowest BCUT2D eigenvalue weighted by Crippen LogP contribution is -2.38. The molecule has 1 saturated carbocycles. The van der Waals surface area contributed by atoms with Gasteiger partial charge in [0.25, 0.3) is 0 Å². The van der Waals surface area contributed by atoms with Gasteiger partial charge in [-0.25, -0.2) is 0 Å². The molecule has 20 heavy (non-hydrogen) atoms. The number of rotatable bonds is 4. The molecule has 5 heteroatoms. The second kappa shape index (κ2) is 5.95. The van der Waals surface area contributed by atoms with Crippen molar-refractivity contribution >= 4 is 27.7 Å². The van der Waals surface area contributed by atoms with Crippen molar-refractivity contribution in [2.45, 2.75) is 12.3 Å². The number of likely N-dealkylation sites (N-methyl/N-ethyl adjacent to an activating group) is 2. The van der Waals surface area contributed by atoms with Crippen LogP contribution in [0.15, 0.2) is 28.7 Å². The molecule has 1 fully saturated rings. The molecule has 108 valence electrons. The summed E-state index contributed by atoms with van der Waals surface area (Å²) in [5, 5.41) is 0. The van der Waals surface area contributed by atoms with Gasteiger partial charge in [0.1, 0.15) is 0 Å². The Kier molecular flexibility index (Phi) is 4.48. The highest BCUT2D eigenvalue weighted by atomic mass is 79.9. The van der Waals surface area contributed by atoms with Crippen LogP contribution >= 0.6 is 15.9 Å². The number of carbonyl (C=O) groups is 2. The third kappa shape index (κ3) is 3.39. The summed E-state index contributed by atoms with van der Waals surface area (Å²) in [6.45, 7) is 0.148. The molecule has 4 nitrogen and oxygen atoms in total. The standard InChI is InChI=1S/C15H19BrN2O2/c1-17(2)14(19)9-18(3)15(20)13-8-12(13)10-4-6-11(16)7-5-10/h4-7,12-13H,8-9H2,1-3H3/t12-,13+/m0/s1. The van der Waals surface area contributed by atoms with Crippen molar-refractivity contribution in [2.24, 2.45) is 5.92 Å². The Morgan fingerprint density at radius 2 is 1.80 bits per heavy atom. The van der Waals surface area contributed by atoms with Crippen LogP contribution in [0.1, 0.15) is 17.9 Å². The highest BCUT2D eigenvalue weighted by Gasteiger charge is 2.45. The maximum atomic E-state index is 12.3. The molecule has 0 aromatic heterocycles. The Hall–Kier alpha value is -1.36. The van der Waals surface area contributed by atoms with Gasteiger partial charge in [0, 0.05) is 31.5 Å². The summed E-state index contributed by atoms with van der Waals surface area (Å²) in [5.74, 6) is 0.332. The topological polar surface area (TPSA) is 40.6 Å². The first-order valence-electron chi connectivity index (χ1n) is 6.60. The fourth-order valence-corrected chi connectivity index (χ4v) is 2.52. The second-order valence-electron chi connectivity index (χ2n) is 5.48. The molecule has 0 heterocycles. The van der Waals surface area contributed by atoms with Crippen molar-refractivity contribution in [1.29, 1.82) is 0 Å². The van der Waals surface area contributed by atoms with Gasteiger partial charge in [-0.2, -0.15) is 0 Å². The summed E-state index contributed by atoms with van der Waals surface area (Å²) in [5.41, 5.74) is 1.19. The van der Waals surface area contributed by atoms with Crippen molar-refractivity contribution in [1.82, 2.24) is 9.80 Å². The van der Waals surface area contributed by atoms with E-state index in [0.717, 1.165) is 10.9 Å². The molecule has 2 atom stereocenters. The predicted octanol–water partition coefficient (Wildman–Crippen LogP) is 2.10. The van der Waals surface area contributed by atoms with E-state index in [0.29, 0.717) is 5.92 Å². The molecular weight excluding hydrogens is 320 g/mol. The van der Waals surface area contributed by atoms with E-state index in [1.54, 1.807) is 21.1 Å². The number of hydrogen-bond acceptors (Lipinski definition) is 2. The van der Waals surface area contributed by atoms with Gasteiger partial charge in [0.05, 0.1) is 6.54 Å². The Balaban J connectivity index is 1.92. The van der Waals surface area contributed by atoms with Crippen molar-refractivity contribution in [3.63, 3.8) is 0 Å². The average molecular weight is 339 g/mol. The summed E-state index contributed by atoms with van der Waals surface area (Å²) < 4.78 is 1.04. The molecule has 0 unspecified atom stereocenters. The molecule has 1 aliphatic rings. The molecule has 2 rings (SSSR count). The lowest BCUT2D eigenvalue weighted by molar-refractivity contribution is -0.138. The van der Waals surface area contributed by atoms with E-state index in [1.807, 2.05) is 24.3 Å². The van der Waals surface area contributed by atoms with Crippen LogP contribution in [-0.2, 0) is 9.59 Å². The number of nitrogens with zero attached hydrogens (tertiary/aromatic N) is 2. The number of benzene rings is 1. The van der Waals surface area contributed by atoms with Gasteiger partial charge in [0.15, 0.2) is 0 Å². The monoisotopic (exact) mass is 338 g/mol. The lowest BCUT2D eigenvalue weighted by Gasteiger charge is -2.19. The highest BCUT2D eigenvalue weighted by Crippen LogP contribution is 2.48. The molecule has 0 spiro atoms. The van der Waals surface area contributed by atoms with Crippen LogP contribution < -0.4 is 0 Å². The normalized spacial score (nSPS) is 20.4. The van der Waals surface area contributed by atoms with Gasteiger partial charge in [-0.3, -0.25) is 9.59 Å². The molecule has 0 saturated heterocycles. The maximum absolute atomic E-state index is 12.3. The van der Waals surface area contributed by atoms with Crippen LogP contribution in [0.3, 0.4) is 0 Å². The van der Waals surface area contributed by atoms with Gasteiger partial charge in [-0.1, -0.05) is 28.1 Å². The average Bonchev–Trinajstić information content (AvgIpc) is 3.18. The van der Waals surface area contributed by atoms with Gasteiger partial charge in [-0.05, 0) is 30.0 Å². The SMILES string of the molecule is CN(C)C(=O)CN(C)C(=O)[C@@H]1C[C@H]1c1ccc(Br)cc1. The summed E-state index contributed by atoms with van der Waals surface area (Å²) >= 11 is 3.41. The zero-order chi connectivity index (χ0) is 14.9. The first kappa shape index (κ1) is 15.0. The minimum atomic E-state index is -0.0540. The fraction of sp³-hybridized carbons (Fsp3) is 0.467. The van der Waals surface area contributed by atoms with Crippen LogP contribution in [0.25, 0.3) is 0 Å². The summed E-state index contributed by atoms with van der Waals surface area (Å²) in [7, 11) is 5.09. The molecule has 1 aromatic rings. The Morgan fingerprint density at radius 3 is 2.35 bits per heavy atom. The highest BCUT2D eigenvalue weighted by molar-refractivity contribution is 9.10. The zero-order valence-corrected chi connectivity index (χ0v) is 13.6. The van der Waals surface area contributed by atoms with E-state index in [-0.39, 0.29) is 24.3 Å². The van der Waals surface area contributed by atoms with Gasteiger partial charge in [0.2, 0.25) is 11.8 Å². The number of halogens is 1. The molecule has 1 aromatic carbocycles. The molecule has 0 radical (unpaired) electrons. The van der Waals surface area contributed by atoms with E-state index in [1.165, 1.54) is 15.4 Å². The Morgan fingerprint density at radius 1 is 1.20 bits per heavy atom. The van der Waals surface area contributed by atoms with E-state index >= 15 is 0 Å². The summed E-state index contributed by atoms with van der Waals surface area (Å²) in [6.07, 6.45) is 0.876. The quantitative estimate of drug-likeness (QED) is 0.843. The first-order chi connectivity index (χ1) is 9.40. The second-order valence-corrected chi connectivity index (χ2v) is 6.40. The largest absolute Gasteiger partial charge is 0.347 e. The minimum Gasteiger partial charge on any atom is -0.347 e. The zero-order valence-electron chi connectivity index (χ0n) is 12.0. The van der Waals surface area contributed by atoms with Crippen molar-refractivity contribution in [3.8, 4) is 0 Å². The van der Waals surface area contributed by atoms with Crippen LogP contribution in [0.4, 0.5) is 0 Å². The lowest BCUT2D eigenvalue weighted by atomic mass is 10.1. The number of amides is 2. The number of carbonyl (C=O) groups excluding carboxylic acids is 2. The molecule has 2 amide bonds. The summed E-state index contributed by atoms with van der Waals surface area (Å²) in [4.78, 5) is 26.9. The Bertz CT molecular complexity index is 513. The maximum Gasteiger partial charge on any atom is 0.241 e. The third-order valence-electron chi connectivity index (χ3n) is 3.65. The van der Waals surface area contributed by atoms with Crippen LogP contribution in [0.2, 0.25) is 0 Å². The van der Waals surface area contributed by atoms with Gasteiger partial charge >= 0.3 is 0 Å². The smallest absolute Gasteiger partial charge is 0.241 e. The van der Waals surface area contributed by atoms with E-state index in [9.17, 15) is 9.59 Å². The van der Waals surface area contributed by atoms with Crippen molar-refractivity contribution in [2.75, 3.05) is 27.7 Å². The number of hydrogen-bond donors (Lipinski definition) is 0. The van der Waals surface area contributed by atoms with Gasteiger partial charge in [-0.15, -0.1) is 0 Å². The first-order valence-corrected chi connectivity index (χ1v) is 7.40. The third-order valence-corrected chi connectivity index (χ3v) is 4.18. The predicted molar refractivity (Wildman–Crippen MR) is 81.3 cm³/mol. The fourth-order valence-electron chi connectivity index (χ4n) is 2.25. The molecule has 1 aliphatic carbocycles. The summed E-state index contributed by atoms with van der Waals surface area (Å²) in [6, 6.07) is 8.09. The van der Waals surface area contributed by atoms with Crippen molar-refractivity contribution in [3.05, 3.63) is 34.3 Å². The van der Waals surface area contributed by atoms with Crippen LogP contribution in [0.5, 0.6) is 0 Å². The van der Waals surface area contributed by atoms with E-state index in [2.05, 4.69) is 15.9 Å².